The van der Waals surface area contributed by atoms with Crippen LogP contribution in [0.2, 0.25) is 0 Å². The van der Waals surface area contributed by atoms with Crippen LogP contribution in [0.15, 0.2) is 23.1 Å². The molecule has 1 N–H and O–H groups in total. The van der Waals surface area contributed by atoms with Gasteiger partial charge in [-0.15, -0.1) is 11.8 Å². The maximum absolute atomic E-state index is 11.5. The first kappa shape index (κ1) is 10.2. The first-order chi connectivity index (χ1) is 7.75. The minimum atomic E-state index is 0.190. The molecule has 0 unspecified atom stereocenters. The van der Waals surface area contributed by atoms with Crippen molar-refractivity contribution in [2.45, 2.75) is 10.8 Å². The highest BCUT2D eigenvalue weighted by Crippen LogP contribution is 2.36. The van der Waals surface area contributed by atoms with E-state index in [2.05, 4.69) is 23.5 Å². The summed E-state index contributed by atoms with van der Waals surface area (Å²) in [4.78, 5) is 14.5. The van der Waals surface area contributed by atoms with Gasteiger partial charge in [-0.2, -0.15) is 0 Å². The lowest BCUT2D eigenvalue weighted by Gasteiger charge is -2.30. The average molecular weight is 234 g/mol. The van der Waals surface area contributed by atoms with Gasteiger partial charge in [-0.25, -0.2) is 0 Å². The van der Waals surface area contributed by atoms with E-state index in [0.29, 0.717) is 11.7 Å². The van der Waals surface area contributed by atoms with Crippen molar-refractivity contribution in [3.63, 3.8) is 0 Å². The van der Waals surface area contributed by atoms with E-state index in [4.69, 9.17) is 0 Å². The Morgan fingerprint density at radius 3 is 2.94 bits per heavy atom. The maximum Gasteiger partial charge on any atom is 0.237 e. The smallest absolute Gasteiger partial charge is 0.237 e. The fourth-order valence-corrected chi connectivity index (χ4v) is 3.12. The lowest BCUT2D eigenvalue weighted by molar-refractivity contribution is -0.116. The Morgan fingerprint density at radius 1 is 1.44 bits per heavy atom. The number of rotatable bonds is 1. The number of fused-ring (bicyclic) bond motifs is 1. The third kappa shape index (κ3) is 1.53. The van der Waals surface area contributed by atoms with E-state index in [1.54, 1.807) is 16.7 Å². The zero-order chi connectivity index (χ0) is 11.1. The summed E-state index contributed by atoms with van der Waals surface area (Å²) < 4.78 is 0. The zero-order valence-corrected chi connectivity index (χ0v) is 10.0. The van der Waals surface area contributed by atoms with Gasteiger partial charge in [0.2, 0.25) is 5.91 Å². The molecule has 1 aromatic carbocycles. The van der Waals surface area contributed by atoms with Crippen molar-refractivity contribution in [1.82, 2.24) is 5.32 Å². The van der Waals surface area contributed by atoms with Crippen LogP contribution >= 0.6 is 11.8 Å². The van der Waals surface area contributed by atoms with Crippen LogP contribution in [0.1, 0.15) is 11.5 Å². The van der Waals surface area contributed by atoms with Gasteiger partial charge < -0.3 is 10.2 Å². The molecule has 2 aliphatic rings. The second-order valence-corrected chi connectivity index (χ2v) is 5.34. The third-order valence-electron chi connectivity index (χ3n) is 3.32. The highest BCUT2D eigenvalue weighted by molar-refractivity contribution is 8.00. The number of carbonyl (C=O) groups is 1. The summed E-state index contributed by atoms with van der Waals surface area (Å²) in [5.41, 5.74) is 2.45. The summed E-state index contributed by atoms with van der Waals surface area (Å²) in [7, 11) is 1.85. The molecule has 0 atom stereocenters. The van der Waals surface area contributed by atoms with E-state index in [0.717, 1.165) is 18.8 Å². The first-order valence-corrected chi connectivity index (χ1v) is 6.48. The van der Waals surface area contributed by atoms with E-state index >= 15 is 0 Å². The molecule has 2 heterocycles. The fourth-order valence-electron chi connectivity index (χ4n) is 2.07. The molecule has 3 nitrogen and oxygen atoms in total. The minimum absolute atomic E-state index is 0.190. The Bertz CT molecular complexity index is 443. The monoisotopic (exact) mass is 234 g/mol. The van der Waals surface area contributed by atoms with Gasteiger partial charge in [0.25, 0.3) is 0 Å². The highest BCUT2D eigenvalue weighted by atomic mass is 32.2. The molecule has 84 valence electrons. The molecule has 0 radical (unpaired) electrons. The Hall–Kier alpha value is -1.00. The lowest BCUT2D eigenvalue weighted by Crippen LogP contribution is -2.40. The summed E-state index contributed by atoms with van der Waals surface area (Å²) in [6.45, 7) is 2.16. The van der Waals surface area contributed by atoms with E-state index in [1.165, 1.54) is 10.5 Å². The Morgan fingerprint density at radius 2 is 2.25 bits per heavy atom. The summed E-state index contributed by atoms with van der Waals surface area (Å²) in [5, 5.41) is 3.28. The molecule has 1 amide bonds. The van der Waals surface area contributed by atoms with Crippen molar-refractivity contribution in [2.24, 2.45) is 0 Å². The summed E-state index contributed by atoms with van der Waals surface area (Å²) >= 11 is 1.66. The van der Waals surface area contributed by atoms with Crippen molar-refractivity contribution >= 4 is 23.4 Å². The first-order valence-electron chi connectivity index (χ1n) is 5.50. The van der Waals surface area contributed by atoms with Crippen LogP contribution in [0.4, 0.5) is 5.69 Å². The van der Waals surface area contributed by atoms with Crippen LogP contribution in [0, 0.1) is 0 Å². The number of nitrogens with zero attached hydrogens (tertiary/aromatic N) is 1. The van der Waals surface area contributed by atoms with E-state index in [1.807, 2.05) is 7.05 Å². The van der Waals surface area contributed by atoms with E-state index in [-0.39, 0.29) is 5.91 Å². The lowest BCUT2D eigenvalue weighted by atomic mass is 9.93. The van der Waals surface area contributed by atoms with E-state index < -0.39 is 0 Å². The standard InChI is InChI=1S/C12H14N2OS/c1-14-10-3-2-8(9-5-13-6-9)4-11(10)16-7-12(14)15/h2-4,9,13H,5-7H2,1H3. The predicted molar refractivity (Wildman–Crippen MR) is 66.2 cm³/mol. The number of nitrogens with one attached hydrogen (secondary N) is 1. The number of amides is 1. The maximum atomic E-state index is 11.5. The Kier molecular flexibility index (Phi) is 2.41. The van der Waals surface area contributed by atoms with Crippen LogP contribution in [0.25, 0.3) is 0 Å². The Labute approximate surface area is 99.2 Å². The molecule has 1 saturated heterocycles. The van der Waals surface area contributed by atoms with Crippen LogP contribution in [0.5, 0.6) is 0 Å². The molecular weight excluding hydrogens is 220 g/mol. The van der Waals surface area contributed by atoms with Crippen LogP contribution in [-0.2, 0) is 4.79 Å². The van der Waals surface area contributed by atoms with E-state index in [9.17, 15) is 4.79 Å². The van der Waals surface area contributed by atoms with Gasteiger partial charge in [0, 0.05) is 31.0 Å². The Balaban J connectivity index is 1.96. The van der Waals surface area contributed by atoms with Gasteiger partial charge in [-0.3, -0.25) is 4.79 Å². The molecule has 3 rings (SSSR count). The van der Waals surface area contributed by atoms with Crippen molar-refractivity contribution in [3.8, 4) is 0 Å². The predicted octanol–water partition coefficient (Wildman–Crippen LogP) is 1.44. The average Bonchev–Trinajstić information content (AvgIpc) is 2.21. The van der Waals surface area contributed by atoms with Crippen molar-refractivity contribution in [3.05, 3.63) is 23.8 Å². The van der Waals surface area contributed by atoms with Crippen LogP contribution in [0.3, 0.4) is 0 Å². The molecule has 2 aliphatic heterocycles. The third-order valence-corrected chi connectivity index (χ3v) is 4.35. The molecule has 1 aromatic rings. The van der Waals surface area contributed by atoms with Crippen LogP contribution in [-0.4, -0.2) is 31.8 Å². The normalized spacial score (nSPS) is 20.6. The number of benzene rings is 1. The number of hydrogen-bond donors (Lipinski definition) is 1. The quantitative estimate of drug-likeness (QED) is 0.798. The molecule has 16 heavy (non-hydrogen) atoms. The number of anilines is 1. The molecule has 0 bridgehead atoms. The largest absolute Gasteiger partial charge is 0.315 e. The van der Waals surface area contributed by atoms with Crippen LogP contribution < -0.4 is 10.2 Å². The van der Waals surface area contributed by atoms with Crippen molar-refractivity contribution < 1.29 is 4.79 Å². The molecule has 0 saturated carbocycles. The molecule has 4 heteroatoms. The van der Waals surface area contributed by atoms with Crippen molar-refractivity contribution in [2.75, 3.05) is 30.8 Å². The summed E-state index contributed by atoms with van der Waals surface area (Å²) in [6, 6.07) is 6.47. The molecule has 0 aromatic heterocycles. The van der Waals surface area contributed by atoms with Gasteiger partial charge in [0.15, 0.2) is 0 Å². The van der Waals surface area contributed by atoms with Crippen molar-refractivity contribution in [1.29, 1.82) is 0 Å². The number of thioether (sulfide) groups is 1. The molecule has 0 aliphatic carbocycles. The molecule has 0 spiro atoms. The van der Waals surface area contributed by atoms with Gasteiger partial charge in [0.05, 0.1) is 11.4 Å². The molecular formula is C12H14N2OS. The highest BCUT2D eigenvalue weighted by Gasteiger charge is 2.24. The SMILES string of the molecule is CN1C(=O)CSc2cc(C3CNC3)ccc21. The zero-order valence-electron chi connectivity index (χ0n) is 9.19. The van der Waals surface area contributed by atoms with Gasteiger partial charge in [0.1, 0.15) is 0 Å². The second-order valence-electron chi connectivity index (χ2n) is 4.32. The van der Waals surface area contributed by atoms with Gasteiger partial charge in [-0.1, -0.05) is 6.07 Å². The second kappa shape index (κ2) is 3.79. The topological polar surface area (TPSA) is 32.3 Å². The van der Waals surface area contributed by atoms with Gasteiger partial charge >= 0.3 is 0 Å². The summed E-state index contributed by atoms with van der Waals surface area (Å²) in [5.74, 6) is 1.42. The van der Waals surface area contributed by atoms with Gasteiger partial charge in [-0.05, 0) is 17.7 Å². The number of carbonyl (C=O) groups excluding carboxylic acids is 1. The summed E-state index contributed by atoms with van der Waals surface area (Å²) in [6.07, 6.45) is 0. The molecule has 1 fully saturated rings. The number of hydrogen-bond acceptors (Lipinski definition) is 3. The fraction of sp³-hybridized carbons (Fsp3) is 0.417. The minimum Gasteiger partial charge on any atom is -0.315 e.